The van der Waals surface area contributed by atoms with Gasteiger partial charge in [0.15, 0.2) is 0 Å². The predicted octanol–water partition coefficient (Wildman–Crippen LogP) is 3.92. The SMILES string of the molecule is C[C@]12CC[C@H]3[C@@H](CC[C@]4(O)C[C@H](O)CC[C@]34/C=N\NC(=O)CCc3c[nH]c4ccccc34)[C@@]1(O)CC[C@@H]2C1=CC(=O)OC1. The van der Waals surface area contributed by atoms with E-state index in [1.165, 1.54) is 0 Å². The molecular formula is C34H43N3O6. The molecule has 4 fully saturated rings. The minimum absolute atomic E-state index is 0.0436. The number of hydrogen-bond acceptors (Lipinski definition) is 7. The number of cyclic esters (lactones) is 1. The van der Waals surface area contributed by atoms with E-state index in [-0.39, 0.29) is 42.5 Å². The van der Waals surface area contributed by atoms with Crippen molar-refractivity contribution < 1.29 is 29.6 Å². The van der Waals surface area contributed by atoms with Crippen molar-refractivity contribution in [3.8, 4) is 0 Å². The van der Waals surface area contributed by atoms with Crippen LogP contribution in [0.1, 0.15) is 76.7 Å². The van der Waals surface area contributed by atoms with Gasteiger partial charge in [0.1, 0.15) is 6.61 Å². The van der Waals surface area contributed by atoms with E-state index >= 15 is 0 Å². The van der Waals surface area contributed by atoms with Crippen LogP contribution in [0.5, 0.6) is 0 Å². The summed E-state index contributed by atoms with van der Waals surface area (Å²) in [6.45, 7) is 2.47. The zero-order valence-electron chi connectivity index (χ0n) is 24.8. The van der Waals surface area contributed by atoms with Crippen LogP contribution in [0.15, 0.2) is 47.2 Å². The largest absolute Gasteiger partial charge is 0.458 e. The van der Waals surface area contributed by atoms with Crippen LogP contribution in [0, 0.1) is 28.6 Å². The molecule has 230 valence electrons. The summed E-state index contributed by atoms with van der Waals surface area (Å²) in [7, 11) is 0. The van der Waals surface area contributed by atoms with E-state index in [4.69, 9.17) is 4.74 Å². The molecule has 9 nitrogen and oxygen atoms in total. The number of H-pyrrole nitrogens is 1. The van der Waals surface area contributed by atoms with Crippen LogP contribution in [0.4, 0.5) is 0 Å². The molecule has 0 radical (unpaired) electrons. The molecule has 43 heavy (non-hydrogen) atoms. The first-order valence-corrected chi connectivity index (χ1v) is 16.0. The Morgan fingerprint density at radius 2 is 1.93 bits per heavy atom. The lowest BCUT2D eigenvalue weighted by Crippen LogP contribution is -2.68. The van der Waals surface area contributed by atoms with Crippen LogP contribution in [0.25, 0.3) is 10.9 Å². The smallest absolute Gasteiger partial charge is 0.331 e. The number of hydrogen-bond donors (Lipinski definition) is 5. The normalized spacial score (nSPS) is 40.6. The van der Waals surface area contributed by atoms with Crippen LogP contribution < -0.4 is 5.43 Å². The number of para-hydroxylation sites is 1. The quantitative estimate of drug-likeness (QED) is 0.196. The first-order valence-electron chi connectivity index (χ1n) is 16.0. The van der Waals surface area contributed by atoms with E-state index in [0.717, 1.165) is 41.3 Å². The van der Waals surface area contributed by atoms with Gasteiger partial charge < -0.3 is 25.0 Å². The lowest BCUT2D eigenvalue weighted by Gasteiger charge is -2.65. The Morgan fingerprint density at radius 3 is 2.74 bits per heavy atom. The van der Waals surface area contributed by atoms with Gasteiger partial charge in [-0.25, -0.2) is 10.2 Å². The molecule has 8 atom stereocenters. The highest BCUT2D eigenvalue weighted by Gasteiger charge is 2.71. The molecule has 7 rings (SSSR count). The summed E-state index contributed by atoms with van der Waals surface area (Å²) in [4.78, 5) is 28.0. The minimum atomic E-state index is -1.17. The highest BCUT2D eigenvalue weighted by Crippen LogP contribution is 2.70. The number of hydrazone groups is 1. The fourth-order valence-corrected chi connectivity index (χ4v) is 10.2. The topological polar surface area (TPSA) is 144 Å². The van der Waals surface area contributed by atoms with Gasteiger partial charge in [-0.15, -0.1) is 0 Å². The molecule has 1 aromatic heterocycles. The lowest BCUT2D eigenvalue weighted by molar-refractivity contribution is -0.237. The van der Waals surface area contributed by atoms with Crippen LogP contribution in [0.2, 0.25) is 0 Å². The number of carbonyl (C=O) groups is 2. The average molecular weight is 590 g/mol. The molecule has 0 unspecified atom stereocenters. The van der Waals surface area contributed by atoms with Crippen molar-refractivity contribution in [1.82, 2.24) is 10.4 Å². The van der Waals surface area contributed by atoms with Gasteiger partial charge in [-0.05, 0) is 92.7 Å². The second kappa shape index (κ2) is 10.3. The number of carbonyl (C=O) groups excluding carboxylic acids is 2. The zero-order valence-corrected chi connectivity index (χ0v) is 24.8. The van der Waals surface area contributed by atoms with Crippen LogP contribution in [-0.2, 0) is 20.7 Å². The number of aliphatic hydroxyl groups excluding tert-OH is 1. The second-order valence-corrected chi connectivity index (χ2v) is 14.2. The Labute approximate surface area is 251 Å². The molecule has 4 saturated carbocycles. The molecule has 2 heterocycles. The standard InChI is InChI=1S/C34H43N3O6/c1-31-12-9-26-27(34(31,42)15-11-25(31)22-16-30(40)43-19-22)10-14-33(41)17-23(38)8-13-32(26,33)20-36-37-29(39)7-6-21-18-35-28-5-3-2-4-24(21)28/h2-5,16,18,20,23,25-27,35,38,41-42H,6-15,17,19H2,1H3,(H,37,39)/b36-20-/t23-,25-,26+,27-,31-,32+,33+,34+/m1/s1. The highest BCUT2D eigenvalue weighted by atomic mass is 16.5. The Hall–Kier alpha value is -3.01. The molecule has 5 aliphatic rings. The summed E-state index contributed by atoms with van der Waals surface area (Å²) >= 11 is 0. The van der Waals surface area contributed by atoms with Crippen LogP contribution in [0.3, 0.4) is 0 Å². The van der Waals surface area contributed by atoms with E-state index < -0.39 is 28.1 Å². The van der Waals surface area contributed by atoms with Crippen molar-refractivity contribution in [2.45, 2.75) is 94.9 Å². The Kier molecular flexibility index (Phi) is 6.87. The zero-order chi connectivity index (χ0) is 30.0. The second-order valence-electron chi connectivity index (χ2n) is 14.2. The minimum Gasteiger partial charge on any atom is -0.458 e. The molecule has 5 N–H and O–H groups in total. The van der Waals surface area contributed by atoms with Crippen molar-refractivity contribution >= 4 is 29.0 Å². The fourth-order valence-electron chi connectivity index (χ4n) is 10.2. The highest BCUT2D eigenvalue weighted by molar-refractivity contribution is 5.85. The number of ether oxygens (including phenoxy) is 1. The van der Waals surface area contributed by atoms with Crippen molar-refractivity contribution in [3.63, 3.8) is 0 Å². The van der Waals surface area contributed by atoms with E-state index in [0.29, 0.717) is 45.1 Å². The van der Waals surface area contributed by atoms with Crippen molar-refractivity contribution in [2.24, 2.45) is 33.7 Å². The van der Waals surface area contributed by atoms with Gasteiger partial charge in [0.2, 0.25) is 5.91 Å². The number of amides is 1. The van der Waals surface area contributed by atoms with Crippen LogP contribution >= 0.6 is 0 Å². The molecule has 9 heteroatoms. The van der Waals surface area contributed by atoms with Gasteiger partial charge >= 0.3 is 5.97 Å². The summed E-state index contributed by atoms with van der Waals surface area (Å²) in [5.41, 5.74) is 2.57. The molecule has 1 aromatic carbocycles. The van der Waals surface area contributed by atoms with E-state index in [9.17, 15) is 24.9 Å². The number of nitrogens with zero attached hydrogens (tertiary/aromatic N) is 1. The summed E-state index contributed by atoms with van der Waals surface area (Å²) < 4.78 is 5.25. The van der Waals surface area contributed by atoms with Gasteiger partial charge in [-0.1, -0.05) is 25.1 Å². The number of aliphatic hydroxyl groups is 3. The average Bonchev–Trinajstić information content (AvgIpc) is 3.67. The maximum Gasteiger partial charge on any atom is 0.331 e. The molecule has 1 amide bonds. The van der Waals surface area contributed by atoms with E-state index in [2.05, 4.69) is 22.4 Å². The van der Waals surface area contributed by atoms with E-state index in [1.807, 2.05) is 30.5 Å². The van der Waals surface area contributed by atoms with Gasteiger partial charge in [-0.2, -0.15) is 5.10 Å². The van der Waals surface area contributed by atoms with Gasteiger partial charge in [-0.3, -0.25) is 4.79 Å². The number of aryl methyl sites for hydroxylation is 1. The monoisotopic (exact) mass is 589 g/mol. The van der Waals surface area contributed by atoms with E-state index in [1.54, 1.807) is 12.3 Å². The number of benzene rings is 1. The third kappa shape index (κ3) is 4.33. The number of rotatable bonds is 6. The first kappa shape index (κ1) is 28.7. The summed E-state index contributed by atoms with van der Waals surface area (Å²) in [5, 5.41) is 40.9. The number of fused-ring (bicyclic) bond motifs is 6. The number of aromatic amines is 1. The molecular weight excluding hydrogens is 546 g/mol. The molecule has 2 aromatic rings. The maximum absolute atomic E-state index is 12.9. The summed E-state index contributed by atoms with van der Waals surface area (Å²) in [6.07, 6.45) is 11.1. The molecule has 0 bridgehead atoms. The molecule has 4 aliphatic carbocycles. The molecule has 1 aliphatic heterocycles. The maximum atomic E-state index is 12.9. The third-order valence-electron chi connectivity index (χ3n) is 12.4. The number of esters is 1. The third-order valence-corrected chi connectivity index (χ3v) is 12.4. The van der Waals surface area contributed by atoms with Crippen molar-refractivity contribution in [2.75, 3.05) is 6.61 Å². The number of aromatic nitrogens is 1. The summed E-state index contributed by atoms with van der Waals surface area (Å²) in [6, 6.07) is 8.02. The Bertz CT molecular complexity index is 1500. The molecule has 0 spiro atoms. The van der Waals surface area contributed by atoms with Crippen LogP contribution in [-0.4, -0.2) is 62.3 Å². The molecule has 0 saturated heterocycles. The van der Waals surface area contributed by atoms with Gasteiger partial charge in [0.05, 0.1) is 17.3 Å². The fraction of sp³-hybridized carbons (Fsp3) is 0.618. The Balaban J connectivity index is 1.12. The Morgan fingerprint density at radius 1 is 1.12 bits per heavy atom. The summed E-state index contributed by atoms with van der Waals surface area (Å²) in [5.74, 6) is -0.517. The van der Waals surface area contributed by atoms with Crippen molar-refractivity contribution in [1.29, 1.82) is 0 Å². The van der Waals surface area contributed by atoms with Crippen molar-refractivity contribution in [3.05, 3.63) is 47.7 Å². The number of nitrogens with one attached hydrogen (secondary N) is 2. The van der Waals surface area contributed by atoms with Gasteiger partial charge in [0, 0.05) is 53.1 Å². The first-order chi connectivity index (χ1) is 20.6. The predicted molar refractivity (Wildman–Crippen MR) is 161 cm³/mol. The van der Waals surface area contributed by atoms with Gasteiger partial charge in [0.25, 0.3) is 0 Å². The lowest BCUT2D eigenvalue weighted by atomic mass is 9.41.